The van der Waals surface area contributed by atoms with E-state index in [-0.39, 0.29) is 5.82 Å². The molecule has 0 radical (unpaired) electrons. The van der Waals surface area contributed by atoms with E-state index in [0.29, 0.717) is 5.92 Å². The maximum atomic E-state index is 13.1. The Labute approximate surface area is 153 Å². The van der Waals surface area contributed by atoms with Crippen molar-refractivity contribution >= 4 is 0 Å². The van der Waals surface area contributed by atoms with Crippen LogP contribution in [0, 0.1) is 10.7 Å². The van der Waals surface area contributed by atoms with Gasteiger partial charge in [-0.15, -0.1) is 0 Å². The van der Waals surface area contributed by atoms with Gasteiger partial charge in [-0.1, -0.05) is 57.6 Å². The summed E-state index contributed by atoms with van der Waals surface area (Å²) in [5.41, 5.74) is 1.23. The van der Waals surface area contributed by atoms with E-state index < -0.39 is 5.09 Å². The van der Waals surface area contributed by atoms with Crippen molar-refractivity contribution in [3.05, 3.63) is 59.3 Å². The highest BCUT2D eigenvalue weighted by Crippen LogP contribution is 2.25. The molecular formula is C19H29FN3O3+. The van der Waals surface area contributed by atoms with Gasteiger partial charge in [-0.05, 0) is 24.1 Å². The third-order valence-corrected chi connectivity index (χ3v) is 4.24. The predicted octanol–water partition coefficient (Wildman–Crippen LogP) is 5.10. The Morgan fingerprint density at radius 1 is 1.12 bits per heavy atom. The van der Waals surface area contributed by atoms with Crippen LogP contribution in [0.15, 0.2) is 43.0 Å². The van der Waals surface area contributed by atoms with Crippen LogP contribution in [0.2, 0.25) is 0 Å². The van der Waals surface area contributed by atoms with Gasteiger partial charge in [0.15, 0.2) is 0 Å². The number of rotatable bonds is 10. The molecule has 1 aromatic heterocycles. The smallest absolute Gasteiger partial charge is 0.337 e. The third-order valence-electron chi connectivity index (χ3n) is 4.24. The van der Waals surface area contributed by atoms with Crippen LogP contribution in [0.4, 0.5) is 4.39 Å². The van der Waals surface area contributed by atoms with E-state index in [2.05, 4.69) is 16.5 Å². The molecule has 0 saturated heterocycles. The van der Waals surface area contributed by atoms with E-state index >= 15 is 0 Å². The lowest BCUT2D eigenvalue weighted by atomic mass is 9.92. The molecule has 6 nitrogen and oxygen atoms in total. The SMILES string of the molecule is CCCCCCCCC(Cn1ccnc1)c1ccc(F)cc1.O=[N+](O)O. The number of aromatic nitrogens is 2. The van der Waals surface area contributed by atoms with Crippen LogP contribution in [-0.4, -0.2) is 25.1 Å². The molecule has 26 heavy (non-hydrogen) atoms. The van der Waals surface area contributed by atoms with Gasteiger partial charge in [-0.25, -0.2) is 19.8 Å². The highest BCUT2D eigenvalue weighted by Gasteiger charge is 2.12. The highest BCUT2D eigenvalue weighted by molar-refractivity contribution is 5.20. The molecule has 1 heterocycles. The van der Waals surface area contributed by atoms with Gasteiger partial charge >= 0.3 is 5.09 Å². The number of benzene rings is 1. The van der Waals surface area contributed by atoms with E-state index in [1.54, 1.807) is 12.1 Å². The Morgan fingerprint density at radius 2 is 1.73 bits per heavy atom. The lowest BCUT2D eigenvalue weighted by molar-refractivity contribution is -0.969. The first kappa shape index (κ1) is 21.6. The Balaban J connectivity index is 0.000000765. The van der Waals surface area contributed by atoms with Crippen molar-refractivity contribution < 1.29 is 19.9 Å². The molecule has 0 amide bonds. The minimum Gasteiger partial charge on any atom is -0.337 e. The normalized spacial score (nSPS) is 11.5. The summed E-state index contributed by atoms with van der Waals surface area (Å²) < 4.78 is 15.3. The van der Waals surface area contributed by atoms with Crippen molar-refractivity contribution in [2.24, 2.45) is 0 Å². The molecule has 0 fully saturated rings. The number of halogens is 1. The van der Waals surface area contributed by atoms with Gasteiger partial charge in [-0.2, -0.15) is 0 Å². The van der Waals surface area contributed by atoms with Gasteiger partial charge in [0.25, 0.3) is 0 Å². The first-order chi connectivity index (χ1) is 12.5. The summed E-state index contributed by atoms with van der Waals surface area (Å²) in [7, 11) is 0. The summed E-state index contributed by atoms with van der Waals surface area (Å²) in [6.07, 6.45) is 14.7. The molecule has 0 aliphatic carbocycles. The predicted molar refractivity (Wildman–Crippen MR) is 96.6 cm³/mol. The number of imidazole rings is 1. The number of hydrogen-bond donors (Lipinski definition) is 2. The molecule has 7 heteroatoms. The molecule has 0 saturated carbocycles. The Hall–Kier alpha value is -2.44. The molecule has 2 aromatic rings. The average molecular weight is 366 g/mol. The zero-order valence-corrected chi connectivity index (χ0v) is 15.3. The van der Waals surface area contributed by atoms with Gasteiger partial charge in [0, 0.05) is 24.9 Å². The standard InChI is InChI=1S/C19H27FN2.H2NO3/c1-2-3-4-5-6-7-8-18(15-22-14-13-21-16-22)17-9-11-19(20)12-10-17;2-1(3)4/h9-14,16,18H,2-8,15H2,1H3;(H2,2,3,4)/q;+1. The van der Waals surface area contributed by atoms with Gasteiger partial charge in [0.2, 0.25) is 0 Å². The Morgan fingerprint density at radius 3 is 2.31 bits per heavy atom. The second kappa shape index (κ2) is 12.9. The summed E-state index contributed by atoms with van der Waals surface area (Å²) in [5, 5.41) is 12.5. The largest absolute Gasteiger partial charge is 0.472 e. The molecule has 2 N–H and O–H groups in total. The Kier molecular flexibility index (Phi) is 10.7. The van der Waals surface area contributed by atoms with Crippen LogP contribution in [0.5, 0.6) is 0 Å². The fourth-order valence-electron chi connectivity index (χ4n) is 2.92. The van der Waals surface area contributed by atoms with Gasteiger partial charge < -0.3 is 4.57 Å². The molecule has 1 atom stereocenters. The van der Waals surface area contributed by atoms with Gasteiger partial charge in [0.1, 0.15) is 10.7 Å². The van der Waals surface area contributed by atoms with Crippen LogP contribution in [0.3, 0.4) is 0 Å². The van der Waals surface area contributed by atoms with Crippen LogP contribution >= 0.6 is 0 Å². The van der Waals surface area contributed by atoms with Crippen LogP contribution in [0.1, 0.15) is 63.4 Å². The lowest BCUT2D eigenvalue weighted by Gasteiger charge is -2.18. The molecule has 1 unspecified atom stereocenters. The lowest BCUT2D eigenvalue weighted by Crippen LogP contribution is -2.08. The van der Waals surface area contributed by atoms with Crippen molar-refractivity contribution in [2.75, 3.05) is 0 Å². The van der Waals surface area contributed by atoms with Crippen molar-refractivity contribution in [1.82, 2.24) is 9.55 Å². The maximum Gasteiger partial charge on any atom is 0.472 e. The van der Waals surface area contributed by atoms with E-state index in [1.165, 1.54) is 44.1 Å². The zero-order valence-electron chi connectivity index (χ0n) is 15.3. The quantitative estimate of drug-likeness (QED) is 0.453. The third kappa shape index (κ3) is 9.76. The molecule has 144 valence electrons. The number of unbranched alkanes of at least 4 members (excludes halogenated alkanes) is 5. The van der Waals surface area contributed by atoms with Gasteiger partial charge in [0.05, 0.1) is 6.33 Å². The minimum atomic E-state index is -1.25. The number of nitrogens with zero attached hydrogens (tertiary/aromatic N) is 3. The van der Waals surface area contributed by atoms with Crippen molar-refractivity contribution in [2.45, 2.75) is 64.3 Å². The monoisotopic (exact) mass is 366 g/mol. The van der Waals surface area contributed by atoms with Crippen molar-refractivity contribution in [3.63, 3.8) is 0 Å². The molecule has 2 rings (SSSR count). The van der Waals surface area contributed by atoms with E-state index in [0.717, 1.165) is 13.0 Å². The molecular weight excluding hydrogens is 337 g/mol. The van der Waals surface area contributed by atoms with Crippen molar-refractivity contribution in [1.29, 1.82) is 0 Å². The van der Waals surface area contributed by atoms with Crippen LogP contribution < -0.4 is 0 Å². The maximum absolute atomic E-state index is 13.1. The first-order valence-electron chi connectivity index (χ1n) is 9.09. The van der Waals surface area contributed by atoms with Crippen molar-refractivity contribution in [3.8, 4) is 0 Å². The first-order valence-corrected chi connectivity index (χ1v) is 9.09. The molecule has 1 aromatic carbocycles. The molecule has 0 aliphatic heterocycles. The summed E-state index contributed by atoms with van der Waals surface area (Å²) in [4.78, 5) is 12.6. The minimum absolute atomic E-state index is 0.162. The number of hydrogen-bond acceptors (Lipinski definition) is 2. The van der Waals surface area contributed by atoms with E-state index in [9.17, 15) is 4.39 Å². The fraction of sp³-hybridized carbons (Fsp3) is 0.526. The second-order valence-electron chi connectivity index (χ2n) is 6.32. The Bertz CT molecular complexity index is 599. The van der Waals surface area contributed by atoms with Gasteiger partial charge in [-0.3, -0.25) is 0 Å². The molecule has 0 bridgehead atoms. The summed E-state index contributed by atoms with van der Waals surface area (Å²) in [5.74, 6) is 0.269. The van der Waals surface area contributed by atoms with Crippen LogP contribution in [0.25, 0.3) is 0 Å². The zero-order chi connectivity index (χ0) is 19.2. The summed E-state index contributed by atoms with van der Waals surface area (Å²) in [6, 6.07) is 6.98. The van der Waals surface area contributed by atoms with E-state index in [4.69, 9.17) is 15.3 Å². The summed E-state index contributed by atoms with van der Waals surface area (Å²) in [6.45, 7) is 3.16. The van der Waals surface area contributed by atoms with E-state index in [1.807, 2.05) is 30.9 Å². The molecule has 0 aliphatic rings. The second-order valence-corrected chi connectivity index (χ2v) is 6.32. The van der Waals surface area contributed by atoms with Crippen LogP contribution in [-0.2, 0) is 6.54 Å². The average Bonchev–Trinajstić information content (AvgIpc) is 3.10. The molecule has 0 spiro atoms. The highest BCUT2D eigenvalue weighted by atomic mass is 19.1. The summed E-state index contributed by atoms with van der Waals surface area (Å²) >= 11 is 0. The fourth-order valence-corrected chi connectivity index (χ4v) is 2.92. The topological polar surface area (TPSA) is 78.4 Å².